The van der Waals surface area contributed by atoms with Crippen LogP contribution in [0.1, 0.15) is 0 Å². The van der Waals surface area contributed by atoms with Crippen molar-refractivity contribution in [3.63, 3.8) is 0 Å². The zero-order valence-electron chi connectivity index (χ0n) is 32.0. The fourth-order valence-electron chi connectivity index (χ4n) is 9.27. The lowest BCUT2D eigenvalue weighted by atomic mass is 9.99. The molecule has 0 saturated carbocycles. The molecule has 0 amide bonds. The van der Waals surface area contributed by atoms with Crippen LogP contribution >= 0.6 is 0 Å². The first kappa shape index (κ1) is 32.8. The molecule has 0 atom stereocenters. The van der Waals surface area contributed by atoms with Crippen LogP contribution < -0.4 is 0 Å². The number of benzene rings is 9. The van der Waals surface area contributed by atoms with E-state index in [0.29, 0.717) is 17.5 Å². The van der Waals surface area contributed by atoms with Gasteiger partial charge in [-0.05, 0) is 63.3 Å². The Morgan fingerprint density at radius 3 is 1.50 bits per heavy atom. The summed E-state index contributed by atoms with van der Waals surface area (Å²) in [6.07, 6.45) is 0. The molecule has 4 aromatic heterocycles. The normalized spacial score (nSPS) is 12.0. The Hall–Kier alpha value is -8.29. The maximum Gasteiger partial charge on any atom is 0.221 e. The van der Waals surface area contributed by atoms with Gasteiger partial charge in [0, 0.05) is 38.2 Å². The molecule has 0 aliphatic carbocycles. The summed E-state index contributed by atoms with van der Waals surface area (Å²) in [7, 11) is 0. The summed E-state index contributed by atoms with van der Waals surface area (Å²) in [4.78, 5) is 26.7. The van der Waals surface area contributed by atoms with E-state index in [0.717, 1.165) is 104 Å². The minimum Gasteiger partial charge on any atom is -0.278 e. The van der Waals surface area contributed by atoms with Crippen molar-refractivity contribution in [1.82, 2.24) is 33.9 Å². The van der Waals surface area contributed by atoms with E-state index in [4.69, 9.17) is 24.9 Å². The zero-order valence-corrected chi connectivity index (χ0v) is 32.0. The van der Waals surface area contributed by atoms with E-state index in [1.165, 1.54) is 0 Å². The van der Waals surface area contributed by atoms with Crippen LogP contribution in [0.25, 0.3) is 122 Å². The van der Waals surface area contributed by atoms with Crippen molar-refractivity contribution in [2.75, 3.05) is 0 Å². The highest BCUT2D eigenvalue weighted by Crippen LogP contribution is 2.42. The van der Waals surface area contributed by atoms with Crippen molar-refractivity contribution < 1.29 is 0 Å². The molecule has 13 aromatic rings. The number of rotatable bonds is 4. The molecule has 7 heteroatoms. The van der Waals surface area contributed by atoms with Gasteiger partial charge in [-0.25, -0.2) is 24.9 Å². The summed E-state index contributed by atoms with van der Waals surface area (Å²) < 4.78 is 4.53. The van der Waals surface area contributed by atoms with E-state index >= 15 is 0 Å². The number of hydrogen-bond acceptors (Lipinski definition) is 5. The van der Waals surface area contributed by atoms with E-state index in [1.807, 2.05) is 12.1 Å². The molecule has 0 aliphatic heterocycles. The summed E-state index contributed by atoms with van der Waals surface area (Å²) in [5, 5.41) is 9.71. The quantitative estimate of drug-likeness (QED) is 0.178. The van der Waals surface area contributed by atoms with Gasteiger partial charge in [-0.1, -0.05) is 152 Å². The van der Waals surface area contributed by atoms with Crippen molar-refractivity contribution in [2.45, 2.75) is 0 Å². The second-order valence-electron chi connectivity index (χ2n) is 15.3. The first-order valence-electron chi connectivity index (χ1n) is 20.1. The van der Waals surface area contributed by atoms with Gasteiger partial charge in [-0.3, -0.25) is 8.97 Å². The van der Waals surface area contributed by atoms with Crippen LogP contribution in [0.3, 0.4) is 0 Å². The highest BCUT2D eigenvalue weighted by molar-refractivity contribution is 6.22. The number of fused-ring (bicyclic) bond motifs is 12. The van der Waals surface area contributed by atoms with E-state index in [-0.39, 0.29) is 0 Å². The molecular formula is C53H31N7. The average molecular weight is 766 g/mol. The molecule has 0 unspecified atom stereocenters. The van der Waals surface area contributed by atoms with Gasteiger partial charge in [-0.2, -0.15) is 0 Å². The molecule has 9 aromatic carbocycles. The minimum absolute atomic E-state index is 0.609. The third-order valence-corrected chi connectivity index (χ3v) is 11.9. The van der Waals surface area contributed by atoms with Gasteiger partial charge in [0.05, 0.1) is 27.6 Å². The van der Waals surface area contributed by atoms with Gasteiger partial charge in [0.25, 0.3) is 0 Å². The fourth-order valence-corrected chi connectivity index (χ4v) is 9.27. The molecule has 13 rings (SSSR count). The summed E-state index contributed by atoms with van der Waals surface area (Å²) in [5.41, 5.74) is 8.61. The van der Waals surface area contributed by atoms with E-state index in [1.54, 1.807) is 0 Å². The lowest BCUT2D eigenvalue weighted by molar-refractivity contribution is 0.982. The third kappa shape index (κ3) is 4.74. The molecule has 0 N–H and O–H groups in total. The van der Waals surface area contributed by atoms with E-state index < -0.39 is 0 Å². The number of aromatic nitrogens is 7. The maximum absolute atomic E-state index is 5.45. The van der Waals surface area contributed by atoms with Crippen molar-refractivity contribution in [3.8, 4) is 40.1 Å². The molecule has 0 saturated heterocycles. The van der Waals surface area contributed by atoms with Crippen molar-refractivity contribution in [1.29, 1.82) is 0 Å². The summed E-state index contributed by atoms with van der Waals surface area (Å²) >= 11 is 0. The van der Waals surface area contributed by atoms with E-state index in [2.05, 4.69) is 185 Å². The number of nitrogens with zero attached hydrogens (tertiary/aromatic N) is 7. The SMILES string of the molecule is c1ccc2c(-c3nc(-c4cccc5ccccc45)nc(-c4cc5c6ccccc6n(-c6nc7ccccc7c7nc8ccccc8n67)c5c5ccccc45)n3)cccc2c1. The van der Waals surface area contributed by atoms with Gasteiger partial charge in [0.2, 0.25) is 5.95 Å². The van der Waals surface area contributed by atoms with Crippen molar-refractivity contribution in [3.05, 3.63) is 188 Å². The van der Waals surface area contributed by atoms with Crippen molar-refractivity contribution >= 4 is 81.7 Å². The number of para-hydroxylation sites is 4. The second kappa shape index (κ2) is 12.6. The number of hydrogen-bond donors (Lipinski definition) is 0. The topological polar surface area (TPSA) is 73.8 Å². The third-order valence-electron chi connectivity index (χ3n) is 11.9. The van der Waals surface area contributed by atoms with Crippen LogP contribution in [0.2, 0.25) is 0 Å². The average Bonchev–Trinajstić information content (AvgIpc) is 3.87. The lowest BCUT2D eigenvalue weighted by Gasteiger charge is -2.15. The Morgan fingerprint density at radius 2 is 0.817 bits per heavy atom. The molecule has 60 heavy (non-hydrogen) atoms. The summed E-state index contributed by atoms with van der Waals surface area (Å²) in [5.74, 6) is 2.64. The molecule has 0 aliphatic rings. The van der Waals surface area contributed by atoms with Gasteiger partial charge < -0.3 is 0 Å². The van der Waals surface area contributed by atoms with Crippen LogP contribution in [0.15, 0.2) is 188 Å². The minimum atomic E-state index is 0.609. The van der Waals surface area contributed by atoms with Crippen LogP contribution in [-0.2, 0) is 0 Å². The maximum atomic E-state index is 5.45. The zero-order chi connectivity index (χ0) is 39.3. The largest absolute Gasteiger partial charge is 0.278 e. The summed E-state index contributed by atoms with van der Waals surface area (Å²) in [6, 6.07) is 65.5. The second-order valence-corrected chi connectivity index (χ2v) is 15.3. The molecule has 0 fully saturated rings. The molecular weight excluding hydrogens is 735 g/mol. The fraction of sp³-hybridized carbons (Fsp3) is 0. The Balaban J connectivity index is 1.15. The molecule has 0 bridgehead atoms. The molecule has 0 radical (unpaired) electrons. The Bertz CT molecular complexity index is 3810. The van der Waals surface area contributed by atoms with Crippen molar-refractivity contribution in [2.24, 2.45) is 0 Å². The molecule has 278 valence electrons. The molecule has 0 spiro atoms. The molecule has 7 nitrogen and oxygen atoms in total. The lowest BCUT2D eigenvalue weighted by Crippen LogP contribution is -2.06. The predicted octanol–water partition coefficient (Wildman–Crippen LogP) is 12.8. The first-order chi connectivity index (χ1) is 29.8. The Labute approximate surface area is 342 Å². The van der Waals surface area contributed by atoms with Crippen LogP contribution in [0.5, 0.6) is 0 Å². The van der Waals surface area contributed by atoms with Crippen LogP contribution in [0, 0.1) is 0 Å². The smallest absolute Gasteiger partial charge is 0.221 e. The van der Waals surface area contributed by atoms with Gasteiger partial charge in [0.15, 0.2) is 17.5 Å². The first-order valence-corrected chi connectivity index (χ1v) is 20.1. The van der Waals surface area contributed by atoms with Gasteiger partial charge >= 0.3 is 0 Å². The standard InChI is InChI=1S/C53H31N7/c1-3-19-34-32(15-1)17-13-25-39(34)49-56-50(40-26-14-18-33-16-2-4-20-35(33)40)58-51(57-49)43-31-42-37-22-8-11-29-46(37)59(48(42)38-23-6-5-21-36(38)43)53-55-44-27-9-7-24-41(44)52-54-45-28-10-12-30-47(45)60(52)53/h1-31H. The monoisotopic (exact) mass is 765 g/mol. The Kier molecular flexibility index (Phi) is 6.88. The van der Waals surface area contributed by atoms with Gasteiger partial charge in [-0.15, -0.1) is 0 Å². The Morgan fingerprint density at radius 1 is 0.317 bits per heavy atom. The van der Waals surface area contributed by atoms with Crippen LogP contribution in [-0.4, -0.2) is 33.9 Å². The summed E-state index contributed by atoms with van der Waals surface area (Å²) in [6.45, 7) is 0. The van der Waals surface area contributed by atoms with E-state index in [9.17, 15) is 0 Å². The highest BCUT2D eigenvalue weighted by Gasteiger charge is 2.24. The predicted molar refractivity (Wildman–Crippen MR) is 245 cm³/mol. The van der Waals surface area contributed by atoms with Gasteiger partial charge in [0.1, 0.15) is 5.65 Å². The molecule has 4 heterocycles. The highest BCUT2D eigenvalue weighted by atomic mass is 15.2. The number of imidazole rings is 1. The van der Waals surface area contributed by atoms with Crippen LogP contribution in [0.4, 0.5) is 0 Å².